The fourth-order valence-electron chi connectivity index (χ4n) is 1.15. The molecule has 0 saturated carbocycles. The molecular formula is C11H13NO. The maximum Gasteiger partial charge on any atom is 0.145 e. The summed E-state index contributed by atoms with van der Waals surface area (Å²) in [5, 5.41) is 0. The lowest BCUT2D eigenvalue weighted by Crippen LogP contribution is -1.92. The van der Waals surface area contributed by atoms with Crippen molar-refractivity contribution < 1.29 is 4.74 Å². The lowest BCUT2D eigenvalue weighted by atomic mass is 10.1. The van der Waals surface area contributed by atoms with Crippen LogP contribution in [-0.4, -0.2) is 13.3 Å². The predicted octanol–water partition coefficient (Wildman–Crippen LogP) is 3.06. The van der Waals surface area contributed by atoms with Crippen molar-refractivity contribution in [1.29, 1.82) is 0 Å². The van der Waals surface area contributed by atoms with Gasteiger partial charge in [0.2, 0.25) is 0 Å². The molecule has 0 fully saturated rings. The third-order valence-corrected chi connectivity index (χ3v) is 1.71. The van der Waals surface area contributed by atoms with Gasteiger partial charge in [-0.2, -0.15) is 0 Å². The minimum atomic E-state index is 0.628. The molecule has 1 aromatic rings. The Hall–Kier alpha value is -1.57. The lowest BCUT2D eigenvalue weighted by molar-refractivity contribution is 0.341. The molecule has 0 atom stereocenters. The van der Waals surface area contributed by atoms with E-state index in [4.69, 9.17) is 4.74 Å². The molecular weight excluding hydrogens is 162 g/mol. The summed E-state index contributed by atoms with van der Waals surface area (Å²) in [5.74, 6) is 0.759. The summed E-state index contributed by atoms with van der Waals surface area (Å²) < 4.78 is 5.39. The quantitative estimate of drug-likeness (QED) is 0.644. The zero-order chi connectivity index (χ0) is 9.68. The molecule has 13 heavy (non-hydrogen) atoms. The number of benzene rings is 1. The van der Waals surface area contributed by atoms with Crippen LogP contribution in [0.3, 0.4) is 0 Å². The molecule has 1 aromatic carbocycles. The van der Waals surface area contributed by atoms with Crippen molar-refractivity contribution in [2.75, 3.05) is 6.61 Å². The molecule has 0 aromatic heterocycles. The molecule has 0 N–H and O–H groups in total. The van der Waals surface area contributed by atoms with Crippen LogP contribution < -0.4 is 4.74 Å². The van der Waals surface area contributed by atoms with Crippen molar-refractivity contribution in [3.63, 3.8) is 0 Å². The number of para-hydroxylation sites is 1. The first kappa shape index (κ1) is 9.52. The minimum absolute atomic E-state index is 0.628. The Morgan fingerprint density at radius 2 is 2.31 bits per heavy atom. The van der Waals surface area contributed by atoms with Crippen molar-refractivity contribution in [2.24, 2.45) is 4.99 Å². The summed E-state index contributed by atoms with van der Waals surface area (Å²) >= 11 is 0. The molecule has 0 saturated heterocycles. The summed E-state index contributed by atoms with van der Waals surface area (Å²) in [4.78, 5) is 3.91. The number of hydrogen-bond acceptors (Lipinski definition) is 2. The largest absolute Gasteiger partial charge is 0.492 e. The topological polar surface area (TPSA) is 21.6 Å². The van der Waals surface area contributed by atoms with Gasteiger partial charge in [-0.1, -0.05) is 24.8 Å². The van der Waals surface area contributed by atoms with Gasteiger partial charge < -0.3 is 4.74 Å². The van der Waals surface area contributed by atoms with Gasteiger partial charge in [0.15, 0.2) is 0 Å². The van der Waals surface area contributed by atoms with Crippen molar-refractivity contribution in [1.82, 2.24) is 0 Å². The average molecular weight is 175 g/mol. The molecule has 0 aliphatic heterocycles. The molecule has 68 valence electrons. The Balaban J connectivity index is 3.18. The number of hydrogen-bond donors (Lipinski definition) is 0. The van der Waals surface area contributed by atoms with Crippen LogP contribution in [0.2, 0.25) is 0 Å². The molecule has 0 amide bonds. The average Bonchev–Trinajstić information content (AvgIpc) is 2.18. The van der Waals surface area contributed by atoms with E-state index in [0.717, 1.165) is 17.0 Å². The molecule has 0 heterocycles. The van der Waals surface area contributed by atoms with E-state index < -0.39 is 0 Å². The molecule has 1 rings (SSSR count). The Morgan fingerprint density at radius 3 is 2.85 bits per heavy atom. The standard InChI is InChI=1S/C11H13NO/c1-4-9-7-6-8-10(13-5-2)11(9)12-3/h4,6-8H,1,3,5H2,2H3. The second-order valence-electron chi connectivity index (χ2n) is 2.49. The summed E-state index contributed by atoms with van der Waals surface area (Å²) in [7, 11) is 0. The van der Waals surface area contributed by atoms with Crippen LogP contribution in [-0.2, 0) is 0 Å². The Morgan fingerprint density at radius 1 is 1.54 bits per heavy atom. The number of nitrogens with zero attached hydrogens (tertiary/aromatic N) is 1. The van der Waals surface area contributed by atoms with Crippen LogP contribution in [0.4, 0.5) is 5.69 Å². The third-order valence-electron chi connectivity index (χ3n) is 1.71. The first-order chi connectivity index (χ1) is 6.33. The Labute approximate surface area is 78.6 Å². The number of rotatable bonds is 4. The normalized spacial score (nSPS) is 9.31. The van der Waals surface area contributed by atoms with E-state index in [0.29, 0.717) is 6.61 Å². The summed E-state index contributed by atoms with van der Waals surface area (Å²) in [6, 6.07) is 5.72. The highest BCUT2D eigenvalue weighted by molar-refractivity contribution is 5.70. The molecule has 0 aliphatic rings. The third kappa shape index (κ3) is 1.96. The van der Waals surface area contributed by atoms with Gasteiger partial charge in [0, 0.05) is 5.56 Å². The Kier molecular flexibility index (Phi) is 3.26. The fraction of sp³-hybridized carbons (Fsp3) is 0.182. The summed E-state index contributed by atoms with van der Waals surface area (Å²) in [5.41, 5.74) is 1.71. The zero-order valence-corrected chi connectivity index (χ0v) is 7.79. The van der Waals surface area contributed by atoms with Crippen LogP contribution in [0, 0.1) is 0 Å². The van der Waals surface area contributed by atoms with Crippen molar-refractivity contribution in [3.05, 3.63) is 30.3 Å². The minimum Gasteiger partial charge on any atom is -0.492 e. The van der Waals surface area contributed by atoms with E-state index in [1.54, 1.807) is 6.08 Å². The van der Waals surface area contributed by atoms with Gasteiger partial charge in [0.25, 0.3) is 0 Å². The summed E-state index contributed by atoms with van der Waals surface area (Å²) in [6.07, 6.45) is 1.74. The van der Waals surface area contributed by atoms with Crippen molar-refractivity contribution >= 4 is 18.5 Å². The fourth-order valence-corrected chi connectivity index (χ4v) is 1.15. The molecule has 0 radical (unpaired) electrons. The number of aliphatic imine (C=N–C) groups is 1. The first-order valence-corrected chi connectivity index (χ1v) is 4.18. The second-order valence-corrected chi connectivity index (χ2v) is 2.49. The molecule has 0 aliphatic carbocycles. The van der Waals surface area contributed by atoms with E-state index >= 15 is 0 Å². The van der Waals surface area contributed by atoms with E-state index in [1.165, 1.54) is 0 Å². The van der Waals surface area contributed by atoms with E-state index in [2.05, 4.69) is 18.3 Å². The van der Waals surface area contributed by atoms with Crippen LogP contribution >= 0.6 is 0 Å². The van der Waals surface area contributed by atoms with Crippen LogP contribution in [0.1, 0.15) is 12.5 Å². The smallest absolute Gasteiger partial charge is 0.145 e. The van der Waals surface area contributed by atoms with Crippen LogP contribution in [0.25, 0.3) is 6.08 Å². The van der Waals surface area contributed by atoms with Gasteiger partial charge in [0.05, 0.1) is 6.61 Å². The van der Waals surface area contributed by atoms with E-state index in [1.807, 2.05) is 25.1 Å². The highest BCUT2D eigenvalue weighted by atomic mass is 16.5. The maximum atomic E-state index is 5.39. The number of ether oxygens (including phenoxy) is 1. The van der Waals surface area contributed by atoms with Crippen LogP contribution in [0.5, 0.6) is 5.75 Å². The second kappa shape index (κ2) is 4.45. The van der Waals surface area contributed by atoms with Gasteiger partial charge in [-0.15, -0.1) is 0 Å². The molecule has 2 heteroatoms. The zero-order valence-electron chi connectivity index (χ0n) is 7.79. The predicted molar refractivity (Wildman–Crippen MR) is 56.9 cm³/mol. The molecule has 0 bridgehead atoms. The van der Waals surface area contributed by atoms with Gasteiger partial charge >= 0.3 is 0 Å². The summed E-state index contributed by atoms with van der Waals surface area (Å²) in [6.45, 7) is 9.77. The van der Waals surface area contributed by atoms with Crippen molar-refractivity contribution in [2.45, 2.75) is 6.92 Å². The Bertz CT molecular complexity index is 318. The van der Waals surface area contributed by atoms with Crippen LogP contribution in [0.15, 0.2) is 29.8 Å². The monoisotopic (exact) mass is 175 g/mol. The molecule has 0 unspecified atom stereocenters. The van der Waals surface area contributed by atoms with E-state index in [-0.39, 0.29) is 0 Å². The SMILES string of the molecule is C=Cc1cccc(OCC)c1N=C. The highest BCUT2D eigenvalue weighted by Gasteiger charge is 2.03. The van der Waals surface area contributed by atoms with Gasteiger partial charge in [-0.05, 0) is 19.7 Å². The maximum absolute atomic E-state index is 5.39. The molecule has 2 nitrogen and oxygen atoms in total. The molecule has 0 spiro atoms. The van der Waals surface area contributed by atoms with Gasteiger partial charge in [-0.3, -0.25) is 4.99 Å². The highest BCUT2D eigenvalue weighted by Crippen LogP contribution is 2.31. The van der Waals surface area contributed by atoms with Crippen molar-refractivity contribution in [3.8, 4) is 5.75 Å². The van der Waals surface area contributed by atoms with Gasteiger partial charge in [0.1, 0.15) is 11.4 Å². The van der Waals surface area contributed by atoms with E-state index in [9.17, 15) is 0 Å². The van der Waals surface area contributed by atoms with Gasteiger partial charge in [-0.25, -0.2) is 0 Å². The first-order valence-electron chi connectivity index (χ1n) is 4.18. The lowest BCUT2D eigenvalue weighted by Gasteiger charge is -2.08.